The summed E-state index contributed by atoms with van der Waals surface area (Å²) in [6.07, 6.45) is 0.700. The molecule has 0 aliphatic heterocycles. The van der Waals surface area contributed by atoms with Crippen LogP contribution in [-0.2, 0) is 25.5 Å². The molecule has 0 radical (unpaired) electrons. The van der Waals surface area contributed by atoms with Gasteiger partial charge in [0, 0.05) is 6.54 Å². The molecule has 1 N–H and O–H groups in total. The monoisotopic (exact) mass is 305 g/mol. The van der Waals surface area contributed by atoms with Crippen LogP contribution >= 0.6 is 0 Å². The molecule has 0 fully saturated rings. The summed E-state index contributed by atoms with van der Waals surface area (Å²) < 4.78 is 10.2. The Morgan fingerprint density at radius 1 is 1.23 bits per heavy atom. The first-order valence-corrected chi connectivity index (χ1v) is 7.29. The molecule has 1 rings (SSSR count). The topological polar surface area (TPSA) is 64.6 Å². The van der Waals surface area contributed by atoms with Crippen molar-refractivity contribution in [1.29, 1.82) is 0 Å². The molecule has 0 aliphatic rings. The maximum absolute atomic E-state index is 11.9. The van der Waals surface area contributed by atoms with Gasteiger partial charge in [0.2, 0.25) is 0 Å². The van der Waals surface area contributed by atoms with E-state index >= 15 is 0 Å². The number of benzene rings is 1. The van der Waals surface area contributed by atoms with E-state index in [1.54, 1.807) is 13.0 Å². The Morgan fingerprint density at radius 2 is 1.91 bits per heavy atom. The summed E-state index contributed by atoms with van der Waals surface area (Å²) in [5.74, 6) is -0.882. The van der Waals surface area contributed by atoms with Gasteiger partial charge in [-0.15, -0.1) is 6.58 Å². The lowest BCUT2D eigenvalue weighted by molar-refractivity contribution is -0.164. The average molecular weight is 305 g/mol. The maximum atomic E-state index is 11.9. The predicted octanol–water partition coefficient (Wildman–Crippen LogP) is 1.87. The third-order valence-corrected chi connectivity index (χ3v) is 3.01. The van der Waals surface area contributed by atoms with Crippen LogP contribution in [0.2, 0.25) is 0 Å². The van der Waals surface area contributed by atoms with E-state index in [-0.39, 0.29) is 12.5 Å². The fourth-order valence-corrected chi connectivity index (χ4v) is 1.72. The smallest absolute Gasteiger partial charge is 0.335 e. The van der Waals surface area contributed by atoms with E-state index in [1.807, 2.05) is 30.3 Å². The Morgan fingerprint density at radius 3 is 2.55 bits per heavy atom. The number of carbonyl (C=O) groups is 2. The van der Waals surface area contributed by atoms with Crippen molar-refractivity contribution in [3.63, 3.8) is 0 Å². The van der Waals surface area contributed by atoms with E-state index in [4.69, 9.17) is 9.47 Å². The highest BCUT2D eigenvalue weighted by Crippen LogP contribution is 2.01. The van der Waals surface area contributed by atoms with Crippen molar-refractivity contribution in [3.05, 3.63) is 48.6 Å². The fraction of sp³-hybridized carbons (Fsp3) is 0.412. The number of ether oxygens (including phenoxy) is 2. The predicted molar refractivity (Wildman–Crippen MR) is 84.3 cm³/mol. The lowest BCUT2D eigenvalue weighted by atomic mass is 10.1. The number of hydrogen-bond donors (Lipinski definition) is 1. The number of rotatable bonds is 9. The molecular formula is C17H23NO4. The van der Waals surface area contributed by atoms with Crippen molar-refractivity contribution in [2.45, 2.75) is 32.5 Å². The van der Waals surface area contributed by atoms with Crippen LogP contribution in [0.1, 0.15) is 19.4 Å². The van der Waals surface area contributed by atoms with E-state index in [0.717, 1.165) is 12.0 Å². The molecule has 120 valence electrons. The Labute approximate surface area is 131 Å². The maximum Gasteiger partial charge on any atom is 0.335 e. The summed E-state index contributed by atoms with van der Waals surface area (Å²) >= 11 is 0. The molecule has 0 heterocycles. The molecule has 1 amide bonds. The van der Waals surface area contributed by atoms with E-state index in [2.05, 4.69) is 11.9 Å². The summed E-state index contributed by atoms with van der Waals surface area (Å²) in [6.45, 7) is 7.36. The number of amides is 1. The molecule has 2 unspecified atom stereocenters. The highest BCUT2D eigenvalue weighted by molar-refractivity contribution is 5.84. The second-order valence-corrected chi connectivity index (χ2v) is 4.87. The van der Waals surface area contributed by atoms with Crippen LogP contribution in [0.3, 0.4) is 0 Å². The molecule has 0 bridgehead atoms. The molecule has 1 aromatic carbocycles. The molecule has 0 aromatic heterocycles. The van der Waals surface area contributed by atoms with E-state index < -0.39 is 18.2 Å². The van der Waals surface area contributed by atoms with Crippen LogP contribution in [0, 0.1) is 0 Å². The summed E-state index contributed by atoms with van der Waals surface area (Å²) in [6, 6.07) is 9.83. The van der Waals surface area contributed by atoms with Gasteiger partial charge in [-0.2, -0.15) is 0 Å². The molecule has 0 aliphatic carbocycles. The second kappa shape index (κ2) is 9.73. The van der Waals surface area contributed by atoms with E-state index in [0.29, 0.717) is 6.54 Å². The van der Waals surface area contributed by atoms with Crippen LogP contribution in [0.4, 0.5) is 0 Å². The van der Waals surface area contributed by atoms with Gasteiger partial charge in [0.1, 0.15) is 0 Å². The third kappa shape index (κ3) is 6.54. The quantitative estimate of drug-likeness (QED) is 0.559. The first-order valence-electron chi connectivity index (χ1n) is 7.29. The molecule has 0 spiro atoms. The van der Waals surface area contributed by atoms with Crippen molar-refractivity contribution >= 4 is 11.9 Å². The molecule has 22 heavy (non-hydrogen) atoms. The summed E-state index contributed by atoms with van der Waals surface area (Å²) in [5.41, 5.74) is 1.14. The summed E-state index contributed by atoms with van der Waals surface area (Å²) in [4.78, 5) is 23.6. The average Bonchev–Trinajstić information content (AvgIpc) is 2.53. The fourth-order valence-electron chi connectivity index (χ4n) is 1.72. The first kappa shape index (κ1) is 17.9. The molecule has 0 saturated carbocycles. The van der Waals surface area contributed by atoms with Crippen LogP contribution in [-0.4, -0.2) is 37.2 Å². The molecule has 5 nitrogen and oxygen atoms in total. The van der Waals surface area contributed by atoms with Crippen molar-refractivity contribution in [1.82, 2.24) is 5.32 Å². The Balaban J connectivity index is 2.29. The van der Waals surface area contributed by atoms with Gasteiger partial charge >= 0.3 is 5.97 Å². The Kier molecular flexibility index (Phi) is 7.92. The lowest BCUT2D eigenvalue weighted by Gasteiger charge is -2.16. The van der Waals surface area contributed by atoms with Gasteiger partial charge in [-0.3, -0.25) is 4.79 Å². The summed E-state index contributed by atoms with van der Waals surface area (Å²) in [5, 5.41) is 2.75. The van der Waals surface area contributed by atoms with E-state index in [1.165, 1.54) is 6.92 Å². The molecule has 5 heteroatoms. The second-order valence-electron chi connectivity index (χ2n) is 4.87. The number of carbonyl (C=O) groups excluding carboxylic acids is 2. The van der Waals surface area contributed by atoms with Gasteiger partial charge in [-0.05, 0) is 25.8 Å². The van der Waals surface area contributed by atoms with Crippen LogP contribution in [0.5, 0.6) is 0 Å². The minimum Gasteiger partial charge on any atom is -0.451 e. The largest absolute Gasteiger partial charge is 0.451 e. The van der Waals surface area contributed by atoms with Crippen molar-refractivity contribution in [3.8, 4) is 0 Å². The van der Waals surface area contributed by atoms with Gasteiger partial charge < -0.3 is 14.8 Å². The minimum atomic E-state index is -0.849. The highest BCUT2D eigenvalue weighted by atomic mass is 16.6. The van der Waals surface area contributed by atoms with Crippen molar-refractivity contribution < 1.29 is 19.1 Å². The van der Waals surface area contributed by atoms with Gasteiger partial charge in [0.05, 0.1) is 6.61 Å². The molecular weight excluding hydrogens is 282 g/mol. The SMILES string of the molecule is C=CCOC(C)C(=O)OC(C)C(=O)NCCc1ccccc1. The Bertz CT molecular complexity index is 487. The number of hydrogen-bond acceptors (Lipinski definition) is 4. The number of esters is 1. The highest BCUT2D eigenvalue weighted by Gasteiger charge is 2.21. The third-order valence-electron chi connectivity index (χ3n) is 3.01. The van der Waals surface area contributed by atoms with E-state index in [9.17, 15) is 9.59 Å². The first-order chi connectivity index (χ1) is 10.5. The Hall–Kier alpha value is -2.14. The zero-order valence-electron chi connectivity index (χ0n) is 13.1. The van der Waals surface area contributed by atoms with Crippen LogP contribution in [0.15, 0.2) is 43.0 Å². The van der Waals surface area contributed by atoms with Crippen LogP contribution in [0.25, 0.3) is 0 Å². The summed E-state index contributed by atoms with van der Waals surface area (Å²) in [7, 11) is 0. The van der Waals surface area contributed by atoms with Crippen LogP contribution < -0.4 is 5.32 Å². The van der Waals surface area contributed by atoms with Crippen molar-refractivity contribution in [2.24, 2.45) is 0 Å². The van der Waals surface area contributed by atoms with Crippen molar-refractivity contribution in [2.75, 3.05) is 13.2 Å². The zero-order chi connectivity index (χ0) is 16.4. The zero-order valence-corrected chi connectivity index (χ0v) is 13.1. The van der Waals surface area contributed by atoms with Gasteiger partial charge in [-0.1, -0.05) is 36.4 Å². The normalized spacial score (nSPS) is 13.0. The molecule has 0 saturated heterocycles. The number of nitrogens with one attached hydrogen (secondary N) is 1. The van der Waals surface area contributed by atoms with Gasteiger partial charge in [0.25, 0.3) is 5.91 Å². The molecule has 2 atom stereocenters. The minimum absolute atomic E-state index is 0.258. The van der Waals surface area contributed by atoms with Gasteiger partial charge in [0.15, 0.2) is 12.2 Å². The lowest BCUT2D eigenvalue weighted by Crippen LogP contribution is -2.39. The standard InChI is InChI=1S/C17H23NO4/c1-4-12-21-14(3)17(20)22-13(2)16(19)18-11-10-15-8-6-5-7-9-15/h4-9,13-14H,1,10-12H2,2-3H3,(H,18,19). The molecule has 1 aromatic rings. The van der Waals surface area contributed by atoms with Gasteiger partial charge in [-0.25, -0.2) is 4.79 Å².